The molecule has 0 saturated heterocycles. The van der Waals surface area contributed by atoms with Gasteiger partial charge >= 0.3 is 5.95 Å². The third-order valence-electron chi connectivity index (χ3n) is 3.72. The number of phenolic OH excluding ortho intramolecular Hbond substituents is 1. The third-order valence-corrected chi connectivity index (χ3v) is 3.72. The molecule has 0 fully saturated rings. The summed E-state index contributed by atoms with van der Waals surface area (Å²) >= 11 is 0. The highest BCUT2D eigenvalue weighted by Gasteiger charge is 2.15. The van der Waals surface area contributed by atoms with Gasteiger partial charge in [-0.1, -0.05) is 23.8 Å². The molecule has 0 aliphatic rings. The highest BCUT2D eigenvalue weighted by Crippen LogP contribution is 2.19. The van der Waals surface area contributed by atoms with E-state index in [1.165, 1.54) is 5.52 Å². The molecule has 21 heavy (non-hydrogen) atoms. The van der Waals surface area contributed by atoms with Crippen LogP contribution in [0, 0.1) is 6.92 Å². The van der Waals surface area contributed by atoms with Crippen LogP contribution in [0.2, 0.25) is 0 Å². The Labute approximate surface area is 124 Å². The molecule has 0 aliphatic carbocycles. The van der Waals surface area contributed by atoms with Crippen LogP contribution < -0.4 is 9.88 Å². The number of benzene rings is 2. The molecule has 3 N–H and O–H groups in total. The number of imidazole rings is 1. The number of phenols is 1. The van der Waals surface area contributed by atoms with Gasteiger partial charge in [0.05, 0.1) is 13.1 Å². The van der Waals surface area contributed by atoms with Crippen molar-refractivity contribution in [3.63, 3.8) is 0 Å². The largest absolute Gasteiger partial charge is 0.508 e. The molecule has 0 amide bonds. The fraction of sp³-hybridized carbons (Fsp3) is 0.235. The van der Waals surface area contributed by atoms with Crippen molar-refractivity contribution in [2.45, 2.75) is 26.9 Å². The molecule has 0 unspecified atom stereocenters. The lowest BCUT2D eigenvalue weighted by Crippen LogP contribution is -2.34. The normalized spacial score (nSPS) is 11.0. The molecule has 4 nitrogen and oxygen atoms in total. The van der Waals surface area contributed by atoms with Crippen molar-refractivity contribution >= 4 is 17.0 Å². The van der Waals surface area contributed by atoms with Gasteiger partial charge in [0.15, 0.2) is 0 Å². The van der Waals surface area contributed by atoms with Gasteiger partial charge in [0.1, 0.15) is 16.8 Å². The van der Waals surface area contributed by atoms with Crippen molar-refractivity contribution in [2.24, 2.45) is 0 Å². The average Bonchev–Trinajstić information content (AvgIpc) is 2.85. The number of hydrogen-bond donors (Lipinski definition) is 3. The van der Waals surface area contributed by atoms with Crippen LogP contribution in [-0.4, -0.2) is 10.1 Å². The van der Waals surface area contributed by atoms with E-state index in [-0.39, 0.29) is 0 Å². The molecule has 0 saturated carbocycles. The smallest absolute Gasteiger partial charge is 0.356 e. The number of nitrogens with zero attached hydrogens (tertiary/aromatic N) is 1. The Morgan fingerprint density at radius 3 is 2.81 bits per heavy atom. The highest BCUT2D eigenvalue weighted by molar-refractivity contribution is 5.72. The predicted octanol–water partition coefficient (Wildman–Crippen LogP) is 3.10. The van der Waals surface area contributed by atoms with Crippen LogP contribution in [-0.2, 0) is 13.1 Å². The first-order valence-corrected chi connectivity index (χ1v) is 7.22. The van der Waals surface area contributed by atoms with E-state index in [2.05, 4.69) is 33.9 Å². The second kappa shape index (κ2) is 5.48. The Morgan fingerprint density at radius 1 is 1.19 bits per heavy atom. The standard InChI is InChI=1S/C17H19N3O/c1-3-20-15-7-5-4-6-14(15)19-17(20)18-11-13-10-12(2)8-9-16(13)21/h4-10H,3,11H2,1-2H3,(H2,18,19,21)/p+1. The summed E-state index contributed by atoms with van der Waals surface area (Å²) < 4.78 is 2.20. The highest BCUT2D eigenvalue weighted by atomic mass is 16.3. The molecule has 0 radical (unpaired) electrons. The fourth-order valence-electron chi connectivity index (χ4n) is 2.63. The molecule has 0 atom stereocenters. The summed E-state index contributed by atoms with van der Waals surface area (Å²) in [6.07, 6.45) is 0. The van der Waals surface area contributed by atoms with Gasteiger partial charge in [-0.3, -0.25) is 5.32 Å². The Balaban J connectivity index is 1.89. The number of aromatic hydroxyl groups is 1. The van der Waals surface area contributed by atoms with Crippen LogP contribution in [0.4, 0.5) is 5.95 Å². The van der Waals surface area contributed by atoms with Crippen molar-refractivity contribution in [1.82, 2.24) is 4.98 Å². The zero-order valence-corrected chi connectivity index (χ0v) is 12.4. The van der Waals surface area contributed by atoms with Gasteiger partial charge in [-0.15, -0.1) is 0 Å². The van der Waals surface area contributed by atoms with Gasteiger partial charge in [-0.05, 0) is 38.1 Å². The number of para-hydroxylation sites is 2. The molecule has 0 spiro atoms. The quantitative estimate of drug-likeness (QED) is 0.644. The van der Waals surface area contributed by atoms with Gasteiger partial charge in [0.25, 0.3) is 0 Å². The number of rotatable bonds is 4. The molecule has 0 aliphatic heterocycles. The number of nitrogens with one attached hydrogen (secondary N) is 2. The van der Waals surface area contributed by atoms with E-state index in [1.807, 2.05) is 31.2 Å². The summed E-state index contributed by atoms with van der Waals surface area (Å²) in [6.45, 7) is 5.61. The lowest BCUT2D eigenvalue weighted by molar-refractivity contribution is -0.653. The number of aromatic nitrogens is 2. The van der Waals surface area contributed by atoms with Gasteiger partial charge in [0.2, 0.25) is 0 Å². The molecule has 1 aromatic heterocycles. The van der Waals surface area contributed by atoms with Crippen molar-refractivity contribution in [1.29, 1.82) is 0 Å². The number of aryl methyl sites for hydroxylation is 2. The Hall–Kier alpha value is -2.49. The van der Waals surface area contributed by atoms with Crippen LogP contribution in [0.1, 0.15) is 18.1 Å². The first-order chi connectivity index (χ1) is 10.2. The van der Waals surface area contributed by atoms with Gasteiger partial charge in [0, 0.05) is 5.56 Å². The maximum atomic E-state index is 9.92. The van der Waals surface area contributed by atoms with Crippen molar-refractivity contribution in [3.05, 3.63) is 53.6 Å². The minimum atomic E-state index is 0.326. The maximum Gasteiger partial charge on any atom is 0.356 e. The molecule has 1 heterocycles. The number of aromatic amines is 1. The number of anilines is 1. The molecule has 4 heteroatoms. The molecule has 3 aromatic rings. The van der Waals surface area contributed by atoms with E-state index in [9.17, 15) is 5.11 Å². The predicted molar refractivity (Wildman–Crippen MR) is 84.3 cm³/mol. The van der Waals surface area contributed by atoms with Gasteiger partial charge < -0.3 is 5.11 Å². The zero-order valence-electron chi connectivity index (χ0n) is 12.4. The van der Waals surface area contributed by atoms with Crippen LogP contribution in [0.25, 0.3) is 11.0 Å². The average molecular weight is 282 g/mol. The van der Waals surface area contributed by atoms with Crippen LogP contribution >= 0.6 is 0 Å². The fourth-order valence-corrected chi connectivity index (χ4v) is 2.63. The monoisotopic (exact) mass is 282 g/mol. The minimum Gasteiger partial charge on any atom is -0.508 e. The van der Waals surface area contributed by atoms with Crippen molar-refractivity contribution < 1.29 is 9.67 Å². The third kappa shape index (κ3) is 2.57. The van der Waals surface area contributed by atoms with Crippen LogP contribution in [0.5, 0.6) is 5.75 Å². The van der Waals surface area contributed by atoms with E-state index in [0.717, 1.165) is 29.1 Å². The first-order valence-electron chi connectivity index (χ1n) is 7.22. The van der Waals surface area contributed by atoms with Crippen LogP contribution in [0.3, 0.4) is 0 Å². The number of fused-ring (bicyclic) bond motifs is 1. The Morgan fingerprint density at radius 2 is 2.00 bits per heavy atom. The number of hydrogen-bond acceptors (Lipinski definition) is 2. The topological polar surface area (TPSA) is 51.9 Å². The Bertz CT molecular complexity index is 777. The van der Waals surface area contributed by atoms with E-state index in [4.69, 9.17) is 0 Å². The number of H-pyrrole nitrogens is 1. The van der Waals surface area contributed by atoms with Crippen LogP contribution in [0.15, 0.2) is 42.5 Å². The molecule has 0 bridgehead atoms. The zero-order chi connectivity index (χ0) is 14.8. The van der Waals surface area contributed by atoms with E-state index in [1.54, 1.807) is 6.07 Å². The molecule has 2 aromatic carbocycles. The summed E-state index contributed by atoms with van der Waals surface area (Å²) in [5.74, 6) is 1.28. The minimum absolute atomic E-state index is 0.326. The van der Waals surface area contributed by atoms with E-state index >= 15 is 0 Å². The summed E-state index contributed by atoms with van der Waals surface area (Å²) in [5.41, 5.74) is 4.33. The summed E-state index contributed by atoms with van der Waals surface area (Å²) in [5, 5.41) is 13.3. The maximum absolute atomic E-state index is 9.92. The summed E-state index contributed by atoms with van der Waals surface area (Å²) in [6, 6.07) is 13.9. The summed E-state index contributed by atoms with van der Waals surface area (Å²) in [7, 11) is 0. The van der Waals surface area contributed by atoms with Crippen molar-refractivity contribution in [3.8, 4) is 5.75 Å². The van der Waals surface area contributed by atoms with E-state index < -0.39 is 0 Å². The molecule has 108 valence electrons. The molecular weight excluding hydrogens is 262 g/mol. The summed E-state index contributed by atoms with van der Waals surface area (Å²) in [4.78, 5) is 3.39. The first kappa shape index (κ1) is 13.5. The Kier molecular flexibility index (Phi) is 3.52. The van der Waals surface area contributed by atoms with E-state index in [0.29, 0.717) is 12.3 Å². The molecular formula is C17H20N3O+. The second-order valence-corrected chi connectivity index (χ2v) is 5.22. The SMILES string of the molecule is CC[n+]1c(NCc2cc(C)ccc2O)[nH]c2ccccc21. The molecule has 3 rings (SSSR count). The second-order valence-electron chi connectivity index (χ2n) is 5.22. The lowest BCUT2D eigenvalue weighted by atomic mass is 10.1. The van der Waals surface area contributed by atoms with Gasteiger partial charge in [-0.2, -0.15) is 0 Å². The van der Waals surface area contributed by atoms with Crippen molar-refractivity contribution in [2.75, 3.05) is 5.32 Å². The lowest BCUT2D eigenvalue weighted by Gasteiger charge is -2.05. The van der Waals surface area contributed by atoms with Gasteiger partial charge in [-0.25, -0.2) is 9.55 Å².